The standard InChI is InChI=1S/C13H24N4O3/c1-3-13(4-2,9-14)16-10(18)6-5-7-17-11(19)8-15-12(17)20/h3-9,14H2,1-2H3,(H,15,20)(H,16,18). The Labute approximate surface area is 119 Å². The van der Waals surface area contributed by atoms with Crippen LogP contribution in [0.15, 0.2) is 0 Å². The van der Waals surface area contributed by atoms with Crippen molar-refractivity contribution in [3.8, 4) is 0 Å². The minimum Gasteiger partial charge on any atom is -0.349 e. The first-order valence-corrected chi connectivity index (χ1v) is 7.07. The summed E-state index contributed by atoms with van der Waals surface area (Å²) in [5.41, 5.74) is 5.37. The summed E-state index contributed by atoms with van der Waals surface area (Å²) in [5, 5.41) is 5.40. The van der Waals surface area contributed by atoms with Gasteiger partial charge in [-0.15, -0.1) is 0 Å². The third-order valence-electron chi connectivity index (χ3n) is 3.87. The molecule has 7 heteroatoms. The number of urea groups is 1. The summed E-state index contributed by atoms with van der Waals surface area (Å²) in [6, 6.07) is -0.381. The van der Waals surface area contributed by atoms with Crippen LogP contribution in [0.1, 0.15) is 39.5 Å². The van der Waals surface area contributed by atoms with Gasteiger partial charge in [-0.25, -0.2) is 4.79 Å². The number of amides is 4. The smallest absolute Gasteiger partial charge is 0.324 e. The van der Waals surface area contributed by atoms with E-state index in [-0.39, 0.29) is 42.9 Å². The zero-order chi connectivity index (χ0) is 15.2. The molecule has 1 saturated heterocycles. The molecule has 0 radical (unpaired) electrons. The van der Waals surface area contributed by atoms with Crippen molar-refractivity contribution in [2.24, 2.45) is 5.73 Å². The van der Waals surface area contributed by atoms with Crippen molar-refractivity contribution in [3.05, 3.63) is 0 Å². The van der Waals surface area contributed by atoms with Gasteiger partial charge in [-0.1, -0.05) is 13.8 Å². The molecule has 0 aromatic heterocycles. The fourth-order valence-electron chi connectivity index (χ4n) is 2.20. The summed E-state index contributed by atoms with van der Waals surface area (Å²) in [4.78, 5) is 35.7. The molecular formula is C13H24N4O3. The fourth-order valence-corrected chi connectivity index (χ4v) is 2.20. The fraction of sp³-hybridized carbons (Fsp3) is 0.769. The van der Waals surface area contributed by atoms with Crippen molar-refractivity contribution in [3.63, 3.8) is 0 Å². The second-order valence-electron chi connectivity index (χ2n) is 5.05. The normalized spacial score (nSPS) is 15.4. The number of carbonyl (C=O) groups is 3. The van der Waals surface area contributed by atoms with Gasteiger partial charge in [0.1, 0.15) is 0 Å². The number of imide groups is 1. The maximum atomic E-state index is 11.9. The van der Waals surface area contributed by atoms with Gasteiger partial charge in [0.05, 0.1) is 12.1 Å². The molecule has 4 amide bonds. The molecule has 0 atom stereocenters. The van der Waals surface area contributed by atoms with Crippen molar-refractivity contribution in [1.82, 2.24) is 15.5 Å². The minimum atomic E-state index is -0.381. The quantitative estimate of drug-likeness (QED) is 0.544. The van der Waals surface area contributed by atoms with Crippen LogP contribution >= 0.6 is 0 Å². The second kappa shape index (κ2) is 7.23. The van der Waals surface area contributed by atoms with Crippen LogP contribution in [0.2, 0.25) is 0 Å². The van der Waals surface area contributed by atoms with E-state index in [2.05, 4.69) is 10.6 Å². The lowest BCUT2D eigenvalue weighted by molar-refractivity contribution is -0.126. The van der Waals surface area contributed by atoms with Crippen LogP contribution in [0.4, 0.5) is 4.79 Å². The Morgan fingerprint density at radius 1 is 1.40 bits per heavy atom. The average Bonchev–Trinajstić information content (AvgIpc) is 2.76. The molecule has 1 aliphatic rings. The van der Waals surface area contributed by atoms with Crippen molar-refractivity contribution < 1.29 is 14.4 Å². The Morgan fingerprint density at radius 2 is 2.05 bits per heavy atom. The Hall–Kier alpha value is -1.63. The van der Waals surface area contributed by atoms with Crippen molar-refractivity contribution in [2.45, 2.75) is 45.1 Å². The van der Waals surface area contributed by atoms with Gasteiger partial charge in [-0.2, -0.15) is 0 Å². The van der Waals surface area contributed by atoms with Crippen molar-refractivity contribution >= 4 is 17.8 Å². The van der Waals surface area contributed by atoms with Gasteiger partial charge in [-0.3, -0.25) is 14.5 Å². The maximum absolute atomic E-state index is 11.9. The molecule has 1 aliphatic heterocycles. The molecule has 0 spiro atoms. The van der Waals surface area contributed by atoms with Gasteiger partial charge in [-0.05, 0) is 19.3 Å². The van der Waals surface area contributed by atoms with Gasteiger partial charge in [0.2, 0.25) is 11.8 Å². The Kier molecular flexibility index (Phi) is 5.94. The molecule has 1 rings (SSSR count). The van der Waals surface area contributed by atoms with Crippen LogP contribution in [-0.2, 0) is 9.59 Å². The summed E-state index contributed by atoms with van der Waals surface area (Å²) < 4.78 is 0. The largest absolute Gasteiger partial charge is 0.349 e. The summed E-state index contributed by atoms with van der Waals surface area (Å²) in [6.45, 7) is 4.70. The van der Waals surface area contributed by atoms with Gasteiger partial charge in [0, 0.05) is 19.5 Å². The van der Waals surface area contributed by atoms with Crippen LogP contribution in [0.3, 0.4) is 0 Å². The summed E-state index contributed by atoms with van der Waals surface area (Å²) in [6.07, 6.45) is 2.29. The number of carbonyl (C=O) groups excluding carboxylic acids is 3. The monoisotopic (exact) mass is 284 g/mol. The Bertz CT molecular complexity index is 356. The first-order valence-electron chi connectivity index (χ1n) is 7.07. The van der Waals surface area contributed by atoms with Gasteiger partial charge >= 0.3 is 6.03 Å². The van der Waals surface area contributed by atoms with Crippen molar-refractivity contribution in [1.29, 1.82) is 0 Å². The van der Waals surface area contributed by atoms with E-state index in [4.69, 9.17) is 5.73 Å². The SMILES string of the molecule is CCC(CC)(CN)NC(=O)CCCN1C(=O)CNC1=O. The van der Waals surface area contributed by atoms with E-state index in [1.807, 2.05) is 13.8 Å². The number of nitrogens with one attached hydrogen (secondary N) is 2. The first-order chi connectivity index (χ1) is 9.48. The van der Waals surface area contributed by atoms with Gasteiger partial charge < -0.3 is 16.4 Å². The molecule has 0 saturated carbocycles. The average molecular weight is 284 g/mol. The summed E-state index contributed by atoms with van der Waals surface area (Å²) in [7, 11) is 0. The molecule has 20 heavy (non-hydrogen) atoms. The second-order valence-corrected chi connectivity index (χ2v) is 5.05. The number of hydrogen-bond donors (Lipinski definition) is 3. The predicted octanol–water partition coefficient (Wildman–Crippen LogP) is -0.0479. The lowest BCUT2D eigenvalue weighted by atomic mass is 9.92. The third kappa shape index (κ3) is 3.93. The molecule has 0 bridgehead atoms. The van der Waals surface area contributed by atoms with Crippen LogP contribution in [-0.4, -0.2) is 47.9 Å². The van der Waals surface area contributed by atoms with Crippen molar-refractivity contribution in [2.75, 3.05) is 19.6 Å². The highest BCUT2D eigenvalue weighted by Crippen LogP contribution is 2.13. The third-order valence-corrected chi connectivity index (χ3v) is 3.87. The van der Waals surface area contributed by atoms with Crippen LogP contribution in [0.5, 0.6) is 0 Å². The molecular weight excluding hydrogens is 260 g/mol. The highest BCUT2D eigenvalue weighted by Gasteiger charge is 2.29. The van der Waals surface area contributed by atoms with E-state index < -0.39 is 0 Å². The number of nitrogens with zero attached hydrogens (tertiary/aromatic N) is 1. The van der Waals surface area contributed by atoms with E-state index in [0.717, 1.165) is 17.7 Å². The lowest BCUT2D eigenvalue weighted by Crippen LogP contribution is -2.52. The first kappa shape index (κ1) is 16.4. The zero-order valence-corrected chi connectivity index (χ0v) is 12.2. The Balaban J connectivity index is 2.36. The topological polar surface area (TPSA) is 105 Å². The van der Waals surface area contributed by atoms with E-state index >= 15 is 0 Å². The van der Waals surface area contributed by atoms with Crippen LogP contribution in [0, 0.1) is 0 Å². The number of hydrogen-bond acceptors (Lipinski definition) is 4. The lowest BCUT2D eigenvalue weighted by Gasteiger charge is -2.31. The summed E-state index contributed by atoms with van der Waals surface area (Å²) in [5.74, 6) is -0.333. The van der Waals surface area contributed by atoms with Crippen LogP contribution in [0.25, 0.3) is 0 Å². The van der Waals surface area contributed by atoms with E-state index in [1.165, 1.54) is 0 Å². The molecule has 114 valence electrons. The molecule has 0 aromatic carbocycles. The molecule has 0 aromatic rings. The zero-order valence-electron chi connectivity index (χ0n) is 12.2. The van der Waals surface area contributed by atoms with Gasteiger partial charge in [0.25, 0.3) is 0 Å². The molecule has 1 fully saturated rings. The highest BCUT2D eigenvalue weighted by molar-refractivity contribution is 6.01. The maximum Gasteiger partial charge on any atom is 0.324 e. The molecule has 0 aliphatic carbocycles. The predicted molar refractivity (Wildman–Crippen MR) is 74.9 cm³/mol. The van der Waals surface area contributed by atoms with E-state index in [0.29, 0.717) is 13.0 Å². The number of nitrogens with two attached hydrogens (primary N) is 1. The van der Waals surface area contributed by atoms with E-state index in [9.17, 15) is 14.4 Å². The minimum absolute atomic E-state index is 0.0486. The molecule has 7 nitrogen and oxygen atoms in total. The highest BCUT2D eigenvalue weighted by atomic mass is 16.2. The molecule has 4 N–H and O–H groups in total. The summed E-state index contributed by atoms with van der Waals surface area (Å²) >= 11 is 0. The van der Waals surface area contributed by atoms with Crippen LogP contribution < -0.4 is 16.4 Å². The Morgan fingerprint density at radius 3 is 2.50 bits per heavy atom. The van der Waals surface area contributed by atoms with Gasteiger partial charge in [0.15, 0.2) is 0 Å². The molecule has 0 unspecified atom stereocenters. The number of rotatable bonds is 8. The van der Waals surface area contributed by atoms with E-state index in [1.54, 1.807) is 0 Å². The molecule has 1 heterocycles.